The van der Waals surface area contributed by atoms with E-state index >= 15 is 0 Å². The topological polar surface area (TPSA) is 9.23 Å². The normalized spacial score (nSPS) is 11.7. The van der Waals surface area contributed by atoms with E-state index in [2.05, 4.69) is 6.08 Å². The number of ether oxygens (including phenoxy) is 1. The predicted octanol–water partition coefficient (Wildman–Crippen LogP) is 2.57. The summed E-state index contributed by atoms with van der Waals surface area (Å²) in [6.07, 6.45) is 4.10. The van der Waals surface area contributed by atoms with Crippen molar-refractivity contribution in [1.82, 2.24) is 0 Å². The molecule has 0 radical (unpaired) electrons. The molecule has 1 nitrogen and oxygen atoms in total. The second-order valence-electron chi connectivity index (χ2n) is 2.25. The smallest absolute Gasteiger partial charge is 1.00 e. The molecule has 1 heterocycles. The fourth-order valence-corrected chi connectivity index (χ4v) is 1.06. The van der Waals surface area contributed by atoms with Crippen molar-refractivity contribution in [2.45, 2.75) is 7.43 Å². The molecule has 1 aliphatic rings. The molecule has 2 heteroatoms. The molecule has 0 N–H and O–H groups in total. The zero-order chi connectivity index (χ0) is 6.81. The third kappa shape index (κ3) is 2.25. The van der Waals surface area contributed by atoms with Gasteiger partial charge in [0.05, 0.1) is 0 Å². The third-order valence-corrected chi connectivity index (χ3v) is 1.55. The van der Waals surface area contributed by atoms with Gasteiger partial charge < -0.3 is 7.59 Å². The summed E-state index contributed by atoms with van der Waals surface area (Å²) in [7, 11) is 0. The Labute approximate surface area is 92.6 Å². The number of hydrogen-bond donors (Lipinski definition) is 0. The Kier molecular flexibility index (Phi) is 5.01. The first kappa shape index (κ1) is 11.5. The molecule has 12 heavy (non-hydrogen) atoms. The van der Waals surface area contributed by atoms with E-state index in [1.807, 2.05) is 30.3 Å². The predicted molar refractivity (Wildman–Crippen MR) is 55.7 cm³/mol. The second-order valence-corrected chi connectivity index (χ2v) is 2.25. The van der Waals surface area contributed by atoms with Crippen molar-refractivity contribution < 1.29 is 7.59 Å². The van der Waals surface area contributed by atoms with Crippen LogP contribution in [0.1, 0.15) is 15.8 Å². The van der Waals surface area contributed by atoms with Crippen LogP contribution in [0.3, 0.4) is 0 Å². The monoisotopic (exact) mass is 174 g/mol. The van der Waals surface area contributed by atoms with Crippen LogP contribution in [0, 0.1) is 0 Å². The van der Waals surface area contributed by atoms with Gasteiger partial charge in [-0.05, 0) is 12.1 Å². The van der Waals surface area contributed by atoms with Crippen LogP contribution in [-0.2, 0) is 0 Å². The van der Waals surface area contributed by atoms with E-state index in [0.29, 0.717) is 6.61 Å². The van der Waals surface area contributed by atoms with E-state index < -0.39 is 0 Å². The van der Waals surface area contributed by atoms with Crippen LogP contribution < -0.4 is 4.74 Å². The van der Waals surface area contributed by atoms with Gasteiger partial charge in [0, 0.05) is 5.56 Å². The van der Waals surface area contributed by atoms with Crippen LogP contribution >= 0.6 is 0 Å². The van der Waals surface area contributed by atoms with Gasteiger partial charge in [0.2, 0.25) is 0 Å². The molecule has 0 bridgehead atoms. The van der Waals surface area contributed by atoms with Gasteiger partial charge in [-0.2, -0.15) is 0 Å². The maximum atomic E-state index is 5.34. The summed E-state index contributed by atoms with van der Waals surface area (Å²) in [6.45, 7) is 0.705. The largest absolute Gasteiger partial charge is 2.00 e. The summed E-state index contributed by atoms with van der Waals surface area (Å²) < 4.78 is 5.34. The molecule has 62 valence electrons. The SMILES string of the molecule is C.C1=Cc2ccccc2OC1.[H-].[H-].[Mg+2]. The molecule has 0 unspecified atom stereocenters. The van der Waals surface area contributed by atoms with Crippen molar-refractivity contribution in [1.29, 1.82) is 0 Å². The van der Waals surface area contributed by atoms with E-state index in [1.165, 1.54) is 5.56 Å². The first-order valence-electron chi connectivity index (χ1n) is 3.35. The zero-order valence-electron chi connectivity index (χ0n) is 8.29. The zero-order valence-corrected chi connectivity index (χ0v) is 7.70. The first-order valence-corrected chi connectivity index (χ1v) is 3.35. The van der Waals surface area contributed by atoms with Gasteiger partial charge in [0.1, 0.15) is 12.4 Å². The van der Waals surface area contributed by atoms with Gasteiger partial charge in [-0.3, -0.25) is 0 Å². The van der Waals surface area contributed by atoms with Gasteiger partial charge in [-0.25, -0.2) is 0 Å². The quantitative estimate of drug-likeness (QED) is 0.550. The summed E-state index contributed by atoms with van der Waals surface area (Å²) in [5.74, 6) is 0.991. The van der Waals surface area contributed by atoms with E-state index in [1.54, 1.807) is 0 Å². The van der Waals surface area contributed by atoms with Crippen LogP contribution in [0.25, 0.3) is 6.08 Å². The fourth-order valence-electron chi connectivity index (χ4n) is 1.06. The number of fused-ring (bicyclic) bond motifs is 1. The van der Waals surface area contributed by atoms with Gasteiger partial charge in [0.15, 0.2) is 0 Å². The van der Waals surface area contributed by atoms with E-state index in [4.69, 9.17) is 4.74 Å². The first-order chi connectivity index (χ1) is 4.97. The Morgan fingerprint density at radius 3 is 2.75 bits per heavy atom. The van der Waals surface area contributed by atoms with Crippen LogP contribution in [0.2, 0.25) is 0 Å². The van der Waals surface area contributed by atoms with Crippen LogP contribution in [0.5, 0.6) is 5.75 Å². The van der Waals surface area contributed by atoms with Crippen LogP contribution in [0.4, 0.5) is 0 Å². The summed E-state index contributed by atoms with van der Waals surface area (Å²) in [6, 6.07) is 8.03. The number of para-hydroxylation sites is 1. The molecule has 0 saturated carbocycles. The van der Waals surface area contributed by atoms with E-state index in [9.17, 15) is 0 Å². The van der Waals surface area contributed by atoms with Gasteiger partial charge in [0.25, 0.3) is 0 Å². The molecular weight excluding hydrogens is 160 g/mol. The Hall–Kier alpha value is -0.474. The minimum absolute atomic E-state index is 0. The average molecular weight is 175 g/mol. The van der Waals surface area contributed by atoms with Crippen molar-refractivity contribution >= 4 is 29.1 Å². The Balaban J connectivity index is -0.000000302. The van der Waals surface area contributed by atoms with E-state index in [-0.39, 0.29) is 33.3 Å². The van der Waals surface area contributed by atoms with Crippen LogP contribution in [0.15, 0.2) is 30.3 Å². The molecule has 0 fully saturated rings. The van der Waals surface area contributed by atoms with Crippen LogP contribution in [-0.4, -0.2) is 29.7 Å². The van der Waals surface area contributed by atoms with Gasteiger partial charge >= 0.3 is 23.1 Å². The molecule has 0 amide bonds. The average Bonchev–Trinajstić information content (AvgIpc) is 2.05. The summed E-state index contributed by atoms with van der Waals surface area (Å²) in [4.78, 5) is 0. The molecule has 0 spiro atoms. The Bertz CT molecular complexity index is 277. The number of hydrogen-bond acceptors (Lipinski definition) is 1. The number of benzene rings is 1. The minimum Gasteiger partial charge on any atom is -1.00 e. The Morgan fingerprint density at radius 2 is 2.00 bits per heavy atom. The summed E-state index contributed by atoms with van der Waals surface area (Å²) in [5, 5.41) is 0. The summed E-state index contributed by atoms with van der Waals surface area (Å²) >= 11 is 0. The molecule has 0 aliphatic carbocycles. The fraction of sp³-hybridized carbons (Fsp3) is 0.200. The third-order valence-electron chi connectivity index (χ3n) is 1.55. The van der Waals surface area contributed by atoms with Crippen molar-refractivity contribution in [3.8, 4) is 5.75 Å². The molecule has 0 atom stereocenters. The molecule has 2 rings (SSSR count). The maximum Gasteiger partial charge on any atom is 2.00 e. The molecule has 0 aromatic heterocycles. The number of rotatable bonds is 0. The molecule has 0 saturated heterocycles. The van der Waals surface area contributed by atoms with Crippen molar-refractivity contribution in [3.63, 3.8) is 0 Å². The van der Waals surface area contributed by atoms with Gasteiger partial charge in [-0.1, -0.05) is 31.7 Å². The maximum absolute atomic E-state index is 5.34. The van der Waals surface area contributed by atoms with E-state index in [0.717, 1.165) is 5.75 Å². The van der Waals surface area contributed by atoms with Crippen molar-refractivity contribution in [2.24, 2.45) is 0 Å². The van der Waals surface area contributed by atoms with Gasteiger partial charge in [-0.15, -0.1) is 0 Å². The molecular formula is C10H14MgO. The Morgan fingerprint density at radius 1 is 1.25 bits per heavy atom. The minimum atomic E-state index is 0. The second kappa shape index (κ2) is 5.22. The molecule has 1 aliphatic heterocycles. The molecule has 1 aromatic carbocycles. The summed E-state index contributed by atoms with van der Waals surface area (Å²) in [5.41, 5.74) is 1.17. The standard InChI is InChI=1S/C9H8O.CH4.Mg.2H/c1-2-6-9-8(4-1)5-3-7-10-9;;;;/h1-6H,7H2;1H4;;;/q;;+2;2*-1. The van der Waals surface area contributed by atoms with Crippen molar-refractivity contribution in [2.75, 3.05) is 6.61 Å². The van der Waals surface area contributed by atoms with Crippen molar-refractivity contribution in [3.05, 3.63) is 35.9 Å². The molecule has 1 aromatic rings.